The van der Waals surface area contributed by atoms with Crippen LogP contribution in [-0.4, -0.2) is 11.1 Å². The fourth-order valence-electron chi connectivity index (χ4n) is 1.76. The van der Waals surface area contributed by atoms with E-state index in [2.05, 4.69) is 0 Å². The van der Waals surface area contributed by atoms with Crippen molar-refractivity contribution in [2.45, 2.75) is 13.8 Å². The normalized spacial score (nSPS) is 27.8. The van der Waals surface area contributed by atoms with E-state index in [1.165, 1.54) is 0 Å². The van der Waals surface area contributed by atoms with Crippen LogP contribution < -0.4 is 0 Å². The number of carboxylic acids is 1. The molecule has 0 aromatic carbocycles. The highest BCUT2D eigenvalue weighted by Gasteiger charge is 2.60. The van der Waals surface area contributed by atoms with Gasteiger partial charge in [0.05, 0.1) is 11.0 Å². The lowest BCUT2D eigenvalue weighted by Crippen LogP contribution is -2.02. The van der Waals surface area contributed by atoms with E-state index >= 15 is 0 Å². The molecule has 0 aromatic heterocycles. The summed E-state index contributed by atoms with van der Waals surface area (Å²) in [5.74, 6) is -1.16. The van der Waals surface area contributed by atoms with Crippen molar-refractivity contribution in [2.75, 3.05) is 0 Å². The smallest absolute Gasteiger partial charge is 0.307 e. The molecule has 0 radical (unpaired) electrons. The van der Waals surface area contributed by atoms with Crippen LogP contribution in [0.1, 0.15) is 13.8 Å². The van der Waals surface area contributed by atoms with Crippen LogP contribution in [0.25, 0.3) is 0 Å². The van der Waals surface area contributed by atoms with E-state index in [9.17, 15) is 4.79 Å². The maximum Gasteiger partial charge on any atom is 0.307 e. The third kappa shape index (κ3) is 2.68. The largest absolute Gasteiger partial charge is 0.481 e. The number of allylic oxidation sites excluding steroid dienone is 3. The van der Waals surface area contributed by atoms with Gasteiger partial charge in [-0.15, -0.1) is 0 Å². The Hall–Kier alpha value is -0.180. The molecule has 0 amide bonds. The molecular weight excluding hydrogens is 258 g/mol. The molecule has 2 nitrogen and oxygen atoms in total. The van der Waals surface area contributed by atoms with Crippen molar-refractivity contribution in [2.24, 2.45) is 17.3 Å². The minimum Gasteiger partial charge on any atom is -0.481 e. The summed E-state index contributed by atoms with van der Waals surface area (Å²) in [6.45, 7) is 3.81. The summed E-state index contributed by atoms with van der Waals surface area (Å²) in [6.07, 6.45) is 3.29. The summed E-state index contributed by atoms with van der Waals surface area (Å²) in [5.41, 5.74) is -0.224. The van der Waals surface area contributed by atoms with Crippen molar-refractivity contribution >= 4 is 40.8 Å². The first-order valence-corrected chi connectivity index (χ1v) is 5.53. The zero-order valence-corrected chi connectivity index (χ0v) is 10.6. The van der Waals surface area contributed by atoms with E-state index in [4.69, 9.17) is 39.9 Å². The molecule has 1 fully saturated rings. The van der Waals surface area contributed by atoms with E-state index in [1.54, 1.807) is 12.2 Å². The van der Waals surface area contributed by atoms with Gasteiger partial charge >= 0.3 is 5.97 Å². The summed E-state index contributed by atoms with van der Waals surface area (Å²) in [6, 6.07) is 0. The molecule has 1 saturated carbocycles. The van der Waals surface area contributed by atoms with Gasteiger partial charge in [0.1, 0.15) is 4.49 Å². The lowest BCUT2D eigenvalue weighted by atomic mass is 10.1. The fraction of sp³-hybridized carbons (Fsp3) is 0.500. The number of hydrogen-bond acceptors (Lipinski definition) is 1. The van der Waals surface area contributed by atoms with Gasteiger partial charge in [-0.2, -0.15) is 0 Å². The molecule has 15 heavy (non-hydrogen) atoms. The molecule has 1 N–H and O–H groups in total. The second kappa shape index (κ2) is 4.36. The van der Waals surface area contributed by atoms with Crippen molar-refractivity contribution in [3.05, 3.63) is 21.7 Å². The van der Waals surface area contributed by atoms with Crippen molar-refractivity contribution in [1.29, 1.82) is 0 Å². The predicted octanol–water partition coefficient (Wildman–Crippen LogP) is 3.78. The van der Waals surface area contributed by atoms with E-state index in [-0.39, 0.29) is 26.8 Å². The van der Waals surface area contributed by atoms with E-state index in [0.29, 0.717) is 0 Å². The van der Waals surface area contributed by atoms with Crippen LogP contribution in [0.2, 0.25) is 0 Å². The van der Waals surface area contributed by atoms with Crippen LogP contribution in [0, 0.1) is 17.3 Å². The molecule has 0 bridgehead atoms. The highest BCUT2D eigenvalue weighted by Crippen LogP contribution is 2.59. The van der Waals surface area contributed by atoms with Gasteiger partial charge < -0.3 is 5.11 Å². The molecule has 0 aliphatic heterocycles. The molecule has 1 aliphatic rings. The van der Waals surface area contributed by atoms with E-state index in [1.807, 2.05) is 13.8 Å². The van der Waals surface area contributed by atoms with Gasteiger partial charge in [-0.3, -0.25) is 4.79 Å². The van der Waals surface area contributed by atoms with Crippen LogP contribution in [0.3, 0.4) is 0 Å². The molecule has 0 saturated heterocycles. The Balaban J connectivity index is 2.71. The van der Waals surface area contributed by atoms with Crippen LogP contribution >= 0.6 is 34.8 Å². The minimum absolute atomic E-state index is 0.0155. The van der Waals surface area contributed by atoms with Crippen LogP contribution in [0.5, 0.6) is 0 Å². The molecule has 1 rings (SSSR count). The monoisotopic (exact) mass is 268 g/mol. The molecular formula is C10H11Cl3O2. The topological polar surface area (TPSA) is 37.3 Å². The maximum atomic E-state index is 10.8. The first-order valence-electron chi connectivity index (χ1n) is 4.40. The number of rotatable bonds is 3. The molecule has 5 heteroatoms. The summed E-state index contributed by atoms with van der Waals surface area (Å²) in [5, 5.41) is 9.13. The highest BCUT2D eigenvalue weighted by molar-refractivity contribution is 6.59. The van der Waals surface area contributed by atoms with E-state index < -0.39 is 5.97 Å². The van der Waals surface area contributed by atoms with Gasteiger partial charge in [0.15, 0.2) is 0 Å². The van der Waals surface area contributed by atoms with Crippen LogP contribution in [-0.2, 0) is 4.79 Å². The Labute approximate surface area is 104 Å². The Kier molecular flexibility index (Phi) is 3.75. The number of hydrogen-bond donors (Lipinski definition) is 1. The third-order valence-corrected chi connectivity index (χ3v) is 3.72. The van der Waals surface area contributed by atoms with Crippen molar-refractivity contribution in [1.82, 2.24) is 0 Å². The lowest BCUT2D eigenvalue weighted by Gasteiger charge is -1.96. The average molecular weight is 270 g/mol. The molecule has 84 valence electrons. The summed E-state index contributed by atoms with van der Waals surface area (Å²) >= 11 is 16.6. The van der Waals surface area contributed by atoms with Gasteiger partial charge in [0, 0.05) is 0 Å². The third-order valence-electron chi connectivity index (χ3n) is 2.81. The van der Waals surface area contributed by atoms with Crippen molar-refractivity contribution < 1.29 is 9.90 Å². The van der Waals surface area contributed by atoms with Gasteiger partial charge in [-0.05, 0) is 17.4 Å². The maximum absolute atomic E-state index is 10.8. The predicted molar refractivity (Wildman–Crippen MR) is 62.1 cm³/mol. The Morgan fingerprint density at radius 1 is 1.33 bits per heavy atom. The quantitative estimate of drug-likeness (QED) is 0.792. The van der Waals surface area contributed by atoms with Crippen LogP contribution in [0.15, 0.2) is 21.7 Å². The Morgan fingerprint density at radius 2 is 1.87 bits per heavy atom. The summed E-state index contributed by atoms with van der Waals surface area (Å²) < 4.78 is -0.0155. The van der Waals surface area contributed by atoms with Gasteiger partial charge in [0.25, 0.3) is 0 Å². The van der Waals surface area contributed by atoms with Crippen molar-refractivity contribution in [3.63, 3.8) is 0 Å². The first kappa shape index (κ1) is 12.9. The summed E-state index contributed by atoms with van der Waals surface area (Å²) in [7, 11) is 0. The van der Waals surface area contributed by atoms with Gasteiger partial charge in [-0.25, -0.2) is 0 Å². The molecule has 2 atom stereocenters. The molecule has 0 spiro atoms. The standard InChI is InChI=1S/C10H11Cl3O2/c1-10(2)5(7(10)9(14)15)3-4-6(11)8(12)13/h3-5,7H,1-2H3,(H,14,15). The van der Waals surface area contributed by atoms with Crippen molar-refractivity contribution in [3.8, 4) is 0 Å². The highest BCUT2D eigenvalue weighted by atomic mass is 35.5. The Morgan fingerprint density at radius 3 is 2.20 bits per heavy atom. The van der Waals surface area contributed by atoms with Crippen LogP contribution in [0.4, 0.5) is 0 Å². The number of carboxylic acid groups (broad SMARTS) is 1. The number of aliphatic carboxylic acids is 1. The zero-order valence-electron chi connectivity index (χ0n) is 8.30. The molecule has 0 aromatic rings. The minimum atomic E-state index is -0.785. The molecule has 2 unspecified atom stereocenters. The number of carbonyl (C=O) groups is 1. The number of halogens is 3. The van der Waals surface area contributed by atoms with Gasteiger partial charge in [0.2, 0.25) is 0 Å². The molecule has 1 aliphatic carbocycles. The second-order valence-corrected chi connectivity index (χ2v) is 5.49. The second-order valence-electron chi connectivity index (χ2n) is 4.13. The summed E-state index contributed by atoms with van der Waals surface area (Å²) in [4.78, 5) is 10.8. The lowest BCUT2D eigenvalue weighted by molar-refractivity contribution is -0.139. The van der Waals surface area contributed by atoms with E-state index in [0.717, 1.165) is 0 Å². The fourth-order valence-corrected chi connectivity index (χ4v) is 1.96. The first-order chi connectivity index (χ1) is 6.78. The molecule has 0 heterocycles. The Bertz CT molecular complexity index is 341. The zero-order chi connectivity index (χ0) is 11.8. The average Bonchev–Trinajstić information content (AvgIpc) is 2.63. The van der Waals surface area contributed by atoms with Gasteiger partial charge in [-0.1, -0.05) is 54.7 Å². The SMILES string of the molecule is CC1(C)C(C=CC(Cl)=C(Cl)Cl)C1C(=O)O.